The molecule has 1 aromatic rings. The minimum atomic E-state index is -4.33. The van der Waals surface area contributed by atoms with Crippen LogP contribution in [-0.2, 0) is 17.4 Å². The summed E-state index contributed by atoms with van der Waals surface area (Å²) in [6.45, 7) is 3.21. The van der Waals surface area contributed by atoms with Gasteiger partial charge in [-0.05, 0) is 25.0 Å². The van der Waals surface area contributed by atoms with Crippen LogP contribution in [0.3, 0.4) is 0 Å². The summed E-state index contributed by atoms with van der Waals surface area (Å²) in [6.07, 6.45) is -3.93. The molecule has 1 N–H and O–H groups in total. The molecule has 1 atom stereocenters. The molecule has 0 bridgehead atoms. The maximum absolute atomic E-state index is 12.6. The Kier molecular flexibility index (Phi) is 4.94. The van der Waals surface area contributed by atoms with Gasteiger partial charge in [0.2, 0.25) is 5.91 Å². The number of alkyl halides is 3. The summed E-state index contributed by atoms with van der Waals surface area (Å²) in [5.41, 5.74) is 2.81. The Balaban J connectivity index is 2.70. The van der Waals surface area contributed by atoms with E-state index in [9.17, 15) is 18.0 Å². The number of amides is 1. The monoisotopic (exact) mass is 274 g/mol. The molecule has 19 heavy (non-hydrogen) atoms. The topological polar surface area (TPSA) is 32.3 Å². The molecule has 1 rings (SSSR count). The van der Waals surface area contributed by atoms with Gasteiger partial charge in [0.15, 0.2) is 0 Å². The van der Waals surface area contributed by atoms with Gasteiger partial charge in [-0.15, -0.1) is 0 Å². The first-order valence-electron chi connectivity index (χ1n) is 5.86. The van der Waals surface area contributed by atoms with Gasteiger partial charge in [-0.3, -0.25) is 9.80 Å². The first-order valence-corrected chi connectivity index (χ1v) is 5.86. The molecule has 106 valence electrons. The molecule has 0 fully saturated rings. The van der Waals surface area contributed by atoms with Crippen LogP contribution >= 0.6 is 0 Å². The van der Waals surface area contributed by atoms with Crippen molar-refractivity contribution in [1.82, 2.24) is 10.4 Å². The molecule has 1 amide bonds. The molecule has 0 aliphatic carbocycles. The average Bonchev–Trinajstić information content (AvgIpc) is 2.27. The van der Waals surface area contributed by atoms with E-state index in [4.69, 9.17) is 0 Å². The van der Waals surface area contributed by atoms with Crippen LogP contribution in [0.5, 0.6) is 0 Å². The highest BCUT2D eigenvalue weighted by Gasteiger charge is 2.30. The Labute approximate surface area is 110 Å². The van der Waals surface area contributed by atoms with Gasteiger partial charge in [-0.25, -0.2) is 5.43 Å². The molecule has 0 aromatic heterocycles. The van der Waals surface area contributed by atoms with Crippen LogP contribution in [0.1, 0.15) is 25.0 Å². The van der Waals surface area contributed by atoms with E-state index in [0.29, 0.717) is 12.0 Å². The molecule has 6 heteroatoms. The third-order valence-electron chi connectivity index (χ3n) is 2.68. The van der Waals surface area contributed by atoms with Gasteiger partial charge in [0.1, 0.15) is 0 Å². The highest BCUT2D eigenvalue weighted by Crippen LogP contribution is 2.29. The fraction of sp³-hybridized carbons (Fsp3) is 0.462. The van der Waals surface area contributed by atoms with Crippen molar-refractivity contribution in [3.8, 4) is 0 Å². The van der Waals surface area contributed by atoms with E-state index in [2.05, 4.69) is 5.43 Å². The van der Waals surface area contributed by atoms with E-state index >= 15 is 0 Å². The number of rotatable bonds is 4. The number of carbonyl (C=O) groups excluding carboxylic acids is 1. The molecule has 0 spiro atoms. The van der Waals surface area contributed by atoms with Crippen LogP contribution in [-0.4, -0.2) is 24.0 Å². The summed E-state index contributed by atoms with van der Waals surface area (Å²) in [7, 11) is 1.57. The first-order chi connectivity index (χ1) is 8.70. The minimum absolute atomic E-state index is 0.141. The Hall–Kier alpha value is -1.56. The van der Waals surface area contributed by atoms with Crippen molar-refractivity contribution in [2.45, 2.75) is 32.5 Å². The van der Waals surface area contributed by atoms with Crippen molar-refractivity contribution < 1.29 is 18.0 Å². The lowest BCUT2D eigenvalue weighted by atomic mass is 10.0. The SMILES string of the molecule is CC(=O)N(C)NC(C)Cc1cccc(C(F)(F)F)c1. The smallest absolute Gasteiger partial charge is 0.281 e. The predicted octanol–water partition coefficient (Wildman–Crippen LogP) is 2.62. The van der Waals surface area contributed by atoms with Gasteiger partial charge in [-0.1, -0.05) is 18.2 Å². The van der Waals surface area contributed by atoms with Crippen LogP contribution in [0.2, 0.25) is 0 Å². The standard InChI is InChI=1S/C13H17F3N2O/c1-9(17-18(3)10(2)19)7-11-5-4-6-12(8-11)13(14,15)16/h4-6,8-9,17H,7H2,1-3H3. The van der Waals surface area contributed by atoms with E-state index in [1.807, 2.05) is 0 Å². The van der Waals surface area contributed by atoms with Crippen LogP contribution in [0.25, 0.3) is 0 Å². The predicted molar refractivity (Wildman–Crippen MR) is 66.2 cm³/mol. The zero-order chi connectivity index (χ0) is 14.6. The van der Waals surface area contributed by atoms with Crippen molar-refractivity contribution in [3.05, 3.63) is 35.4 Å². The van der Waals surface area contributed by atoms with Crippen LogP contribution in [0.15, 0.2) is 24.3 Å². The quantitative estimate of drug-likeness (QED) is 0.856. The third-order valence-corrected chi connectivity index (χ3v) is 2.68. The van der Waals surface area contributed by atoms with Crippen molar-refractivity contribution in [3.63, 3.8) is 0 Å². The summed E-state index contributed by atoms with van der Waals surface area (Å²) in [6, 6.07) is 5.06. The number of hydrogen-bond donors (Lipinski definition) is 1. The summed E-state index contributed by atoms with van der Waals surface area (Å²) < 4.78 is 37.7. The molecule has 1 unspecified atom stereocenters. The lowest BCUT2D eigenvalue weighted by Gasteiger charge is -2.22. The molecule has 0 aliphatic heterocycles. The Morgan fingerprint density at radius 3 is 2.58 bits per heavy atom. The van der Waals surface area contributed by atoms with Crippen LogP contribution in [0.4, 0.5) is 13.2 Å². The molecule has 0 radical (unpaired) electrons. The molecular weight excluding hydrogens is 257 g/mol. The van der Waals surface area contributed by atoms with Gasteiger partial charge >= 0.3 is 6.18 Å². The third kappa shape index (κ3) is 4.90. The molecular formula is C13H17F3N2O. The fourth-order valence-corrected chi connectivity index (χ4v) is 1.70. The maximum Gasteiger partial charge on any atom is 0.416 e. The zero-order valence-corrected chi connectivity index (χ0v) is 11.1. The van der Waals surface area contributed by atoms with Crippen molar-refractivity contribution >= 4 is 5.91 Å². The minimum Gasteiger partial charge on any atom is -0.281 e. The number of hydrazine groups is 1. The number of hydrogen-bond acceptors (Lipinski definition) is 2. The lowest BCUT2D eigenvalue weighted by Crippen LogP contribution is -2.44. The Bertz CT molecular complexity index is 446. The van der Waals surface area contributed by atoms with E-state index in [1.54, 1.807) is 20.0 Å². The fourth-order valence-electron chi connectivity index (χ4n) is 1.70. The molecule has 0 heterocycles. The van der Waals surface area contributed by atoms with Gasteiger partial charge in [0.25, 0.3) is 0 Å². The van der Waals surface area contributed by atoms with Crippen LogP contribution < -0.4 is 5.43 Å². The van der Waals surface area contributed by atoms with Crippen molar-refractivity contribution in [2.24, 2.45) is 0 Å². The second kappa shape index (κ2) is 6.06. The second-order valence-electron chi connectivity index (χ2n) is 4.51. The van der Waals surface area contributed by atoms with E-state index in [-0.39, 0.29) is 11.9 Å². The second-order valence-corrected chi connectivity index (χ2v) is 4.51. The van der Waals surface area contributed by atoms with E-state index in [0.717, 1.165) is 12.1 Å². The number of carbonyl (C=O) groups is 1. The maximum atomic E-state index is 12.6. The molecule has 0 aliphatic rings. The number of halogens is 3. The van der Waals surface area contributed by atoms with Crippen LogP contribution in [0, 0.1) is 0 Å². The normalized spacial score (nSPS) is 13.2. The summed E-state index contributed by atoms with van der Waals surface area (Å²) >= 11 is 0. The summed E-state index contributed by atoms with van der Waals surface area (Å²) in [4.78, 5) is 11.0. The van der Waals surface area contributed by atoms with E-state index < -0.39 is 11.7 Å². The Morgan fingerprint density at radius 1 is 1.42 bits per heavy atom. The first kappa shape index (κ1) is 15.5. The number of benzene rings is 1. The van der Waals surface area contributed by atoms with E-state index in [1.165, 1.54) is 18.0 Å². The van der Waals surface area contributed by atoms with Crippen molar-refractivity contribution in [1.29, 1.82) is 0 Å². The molecule has 3 nitrogen and oxygen atoms in total. The molecule has 1 aromatic carbocycles. The zero-order valence-electron chi connectivity index (χ0n) is 11.1. The molecule has 0 saturated heterocycles. The largest absolute Gasteiger partial charge is 0.416 e. The molecule has 0 saturated carbocycles. The highest BCUT2D eigenvalue weighted by molar-refractivity contribution is 5.72. The van der Waals surface area contributed by atoms with Gasteiger partial charge in [0, 0.05) is 20.0 Å². The summed E-state index contributed by atoms with van der Waals surface area (Å²) in [5.74, 6) is -0.157. The van der Waals surface area contributed by atoms with Crippen molar-refractivity contribution in [2.75, 3.05) is 7.05 Å². The Morgan fingerprint density at radius 2 is 2.05 bits per heavy atom. The van der Waals surface area contributed by atoms with Gasteiger partial charge in [0.05, 0.1) is 5.56 Å². The summed E-state index contributed by atoms with van der Waals surface area (Å²) in [5, 5.41) is 1.32. The highest BCUT2D eigenvalue weighted by atomic mass is 19.4. The number of nitrogens with zero attached hydrogens (tertiary/aromatic N) is 1. The number of nitrogens with one attached hydrogen (secondary N) is 1. The lowest BCUT2D eigenvalue weighted by molar-refractivity contribution is -0.137. The van der Waals surface area contributed by atoms with Gasteiger partial charge in [-0.2, -0.15) is 13.2 Å². The average molecular weight is 274 g/mol. The van der Waals surface area contributed by atoms with Gasteiger partial charge < -0.3 is 0 Å².